The second-order valence-electron chi connectivity index (χ2n) is 5.33. The van der Waals surface area contributed by atoms with E-state index in [9.17, 15) is 4.79 Å². The van der Waals surface area contributed by atoms with Crippen LogP contribution in [0, 0.1) is 0 Å². The molecule has 7 nitrogen and oxygen atoms in total. The third kappa shape index (κ3) is 6.31. The molecule has 0 saturated heterocycles. The maximum Gasteiger partial charge on any atom is 0.291 e. The Hall–Kier alpha value is -2.80. The fraction of sp³-hybridized carbons (Fsp3) is 0.333. The smallest absolute Gasteiger partial charge is 0.291 e. The van der Waals surface area contributed by atoms with Crippen LogP contribution in [0.3, 0.4) is 0 Å². The molecule has 0 aliphatic carbocycles. The van der Waals surface area contributed by atoms with Gasteiger partial charge in [0.15, 0.2) is 11.7 Å². The highest BCUT2D eigenvalue weighted by Crippen LogP contribution is 2.12. The van der Waals surface area contributed by atoms with E-state index in [-0.39, 0.29) is 11.7 Å². The number of hydrogen-bond donors (Lipinski definition) is 3. The first-order valence-corrected chi connectivity index (χ1v) is 8.10. The number of benzene rings is 1. The molecule has 3 N–H and O–H groups in total. The van der Waals surface area contributed by atoms with Crippen molar-refractivity contribution >= 4 is 17.6 Å². The molecule has 0 radical (unpaired) electrons. The molecule has 1 heterocycles. The summed E-state index contributed by atoms with van der Waals surface area (Å²) in [6.45, 7) is 2.09. The highest BCUT2D eigenvalue weighted by molar-refractivity contribution is 6.02. The molecule has 0 unspecified atom stereocenters. The number of furan rings is 1. The topological polar surface area (TPSA) is 87.9 Å². The van der Waals surface area contributed by atoms with Crippen LogP contribution in [0.5, 0.6) is 0 Å². The molecule has 1 aromatic carbocycles. The summed E-state index contributed by atoms with van der Waals surface area (Å²) in [6.07, 6.45) is 2.38. The largest absolute Gasteiger partial charge is 0.459 e. The molecule has 0 saturated carbocycles. The summed E-state index contributed by atoms with van der Waals surface area (Å²) < 4.78 is 10.1. The van der Waals surface area contributed by atoms with Crippen LogP contribution < -0.4 is 16.0 Å². The Balaban J connectivity index is 1.85. The van der Waals surface area contributed by atoms with Gasteiger partial charge < -0.3 is 25.1 Å². The van der Waals surface area contributed by atoms with Gasteiger partial charge in [0.1, 0.15) is 0 Å². The van der Waals surface area contributed by atoms with Gasteiger partial charge in [0.25, 0.3) is 5.91 Å². The summed E-state index contributed by atoms with van der Waals surface area (Å²) >= 11 is 0. The van der Waals surface area contributed by atoms with Crippen molar-refractivity contribution in [2.45, 2.75) is 13.0 Å². The lowest BCUT2D eigenvalue weighted by Gasteiger charge is -2.12. The second kappa shape index (κ2) is 10.1. The van der Waals surface area contributed by atoms with Crippen molar-refractivity contribution in [3.63, 3.8) is 0 Å². The highest BCUT2D eigenvalue weighted by atomic mass is 16.5. The lowest BCUT2D eigenvalue weighted by molar-refractivity contribution is 0.0996. The lowest BCUT2D eigenvalue weighted by Crippen LogP contribution is -2.37. The molecule has 1 aromatic heterocycles. The van der Waals surface area contributed by atoms with Gasteiger partial charge in [0, 0.05) is 39.5 Å². The van der Waals surface area contributed by atoms with Gasteiger partial charge in [0.05, 0.1) is 6.26 Å². The molecular formula is C18H24N4O3. The van der Waals surface area contributed by atoms with Crippen molar-refractivity contribution in [3.05, 3.63) is 54.0 Å². The predicted molar refractivity (Wildman–Crippen MR) is 97.8 cm³/mol. The minimum Gasteiger partial charge on any atom is -0.459 e. The maximum absolute atomic E-state index is 12.0. The molecule has 134 valence electrons. The number of methoxy groups -OCH3 is 1. The van der Waals surface area contributed by atoms with Crippen LogP contribution in [-0.2, 0) is 11.3 Å². The van der Waals surface area contributed by atoms with E-state index in [1.54, 1.807) is 26.3 Å². The summed E-state index contributed by atoms with van der Waals surface area (Å²) in [7, 11) is 3.41. The number of guanidine groups is 1. The molecular weight excluding hydrogens is 320 g/mol. The Kier molecular flexibility index (Phi) is 7.52. The number of anilines is 1. The van der Waals surface area contributed by atoms with E-state index in [2.05, 4.69) is 20.9 Å². The standard InChI is InChI=1S/C18H24N4O3/c1-19-18(20-9-5-10-24-2)21-13-14-6-3-7-15(12-14)22-17(23)16-8-4-11-25-16/h3-4,6-8,11-12H,5,9-10,13H2,1-2H3,(H,22,23)(H2,19,20,21). The molecule has 2 rings (SSSR count). The van der Waals surface area contributed by atoms with Crippen molar-refractivity contribution in [2.75, 3.05) is 32.6 Å². The monoisotopic (exact) mass is 344 g/mol. The van der Waals surface area contributed by atoms with Crippen molar-refractivity contribution in [2.24, 2.45) is 4.99 Å². The van der Waals surface area contributed by atoms with Gasteiger partial charge in [-0.25, -0.2) is 0 Å². The minimum atomic E-state index is -0.272. The lowest BCUT2D eigenvalue weighted by atomic mass is 10.2. The van der Waals surface area contributed by atoms with Crippen LogP contribution in [0.2, 0.25) is 0 Å². The Morgan fingerprint density at radius 3 is 2.84 bits per heavy atom. The van der Waals surface area contributed by atoms with Gasteiger partial charge in [-0.05, 0) is 36.2 Å². The molecule has 0 fully saturated rings. The summed E-state index contributed by atoms with van der Waals surface area (Å²) in [5, 5.41) is 9.27. The van der Waals surface area contributed by atoms with Gasteiger partial charge in [-0.1, -0.05) is 12.1 Å². The first-order valence-electron chi connectivity index (χ1n) is 8.10. The summed E-state index contributed by atoms with van der Waals surface area (Å²) in [5.41, 5.74) is 1.74. The Morgan fingerprint density at radius 2 is 2.12 bits per heavy atom. The molecule has 0 spiro atoms. The molecule has 0 atom stereocenters. The zero-order valence-corrected chi connectivity index (χ0v) is 14.5. The third-order valence-electron chi connectivity index (χ3n) is 3.43. The number of carbonyl (C=O) groups excluding carboxylic acids is 1. The fourth-order valence-electron chi connectivity index (χ4n) is 2.19. The SMILES string of the molecule is CN=C(NCCCOC)NCc1cccc(NC(=O)c2ccco2)c1. The number of amides is 1. The van der Waals surface area contributed by atoms with E-state index in [1.165, 1.54) is 6.26 Å². The van der Waals surface area contributed by atoms with E-state index in [0.29, 0.717) is 18.8 Å². The zero-order valence-electron chi connectivity index (χ0n) is 14.5. The molecule has 25 heavy (non-hydrogen) atoms. The zero-order chi connectivity index (χ0) is 17.9. The van der Waals surface area contributed by atoms with E-state index in [1.807, 2.05) is 24.3 Å². The van der Waals surface area contributed by atoms with Crippen LogP contribution >= 0.6 is 0 Å². The number of nitrogens with zero attached hydrogens (tertiary/aromatic N) is 1. The van der Waals surface area contributed by atoms with E-state index in [0.717, 1.165) is 24.5 Å². The molecule has 1 amide bonds. The Morgan fingerprint density at radius 1 is 1.24 bits per heavy atom. The molecule has 0 aliphatic rings. The predicted octanol–water partition coefficient (Wildman–Crippen LogP) is 2.23. The van der Waals surface area contributed by atoms with Gasteiger partial charge in [-0.3, -0.25) is 9.79 Å². The maximum atomic E-state index is 12.0. The molecule has 0 aliphatic heterocycles. The fourth-order valence-corrected chi connectivity index (χ4v) is 2.19. The molecule has 0 bridgehead atoms. The number of aliphatic imine (C=N–C) groups is 1. The minimum absolute atomic E-state index is 0.272. The van der Waals surface area contributed by atoms with E-state index in [4.69, 9.17) is 9.15 Å². The number of hydrogen-bond acceptors (Lipinski definition) is 4. The van der Waals surface area contributed by atoms with Crippen LogP contribution in [-0.4, -0.2) is 39.2 Å². The normalized spacial score (nSPS) is 11.2. The Labute approximate surface area is 147 Å². The van der Waals surface area contributed by atoms with Gasteiger partial charge in [0.2, 0.25) is 0 Å². The van der Waals surface area contributed by atoms with Crippen molar-refractivity contribution in [3.8, 4) is 0 Å². The van der Waals surface area contributed by atoms with E-state index >= 15 is 0 Å². The number of nitrogens with one attached hydrogen (secondary N) is 3. The van der Waals surface area contributed by atoms with Crippen LogP contribution in [0.1, 0.15) is 22.5 Å². The third-order valence-corrected chi connectivity index (χ3v) is 3.43. The Bertz CT molecular complexity index is 683. The number of carbonyl (C=O) groups is 1. The quantitative estimate of drug-likeness (QED) is 0.388. The van der Waals surface area contributed by atoms with Crippen molar-refractivity contribution < 1.29 is 13.9 Å². The van der Waals surface area contributed by atoms with Gasteiger partial charge in [-0.2, -0.15) is 0 Å². The van der Waals surface area contributed by atoms with Gasteiger partial charge >= 0.3 is 0 Å². The molecule has 2 aromatic rings. The first kappa shape index (κ1) is 18.5. The number of ether oxygens (including phenoxy) is 1. The molecule has 7 heteroatoms. The average Bonchev–Trinajstić information content (AvgIpc) is 3.16. The van der Waals surface area contributed by atoms with Crippen LogP contribution in [0.4, 0.5) is 5.69 Å². The number of rotatable bonds is 8. The summed E-state index contributed by atoms with van der Waals surface area (Å²) in [4.78, 5) is 16.2. The highest BCUT2D eigenvalue weighted by Gasteiger charge is 2.08. The van der Waals surface area contributed by atoms with Gasteiger partial charge in [-0.15, -0.1) is 0 Å². The van der Waals surface area contributed by atoms with Crippen LogP contribution in [0.25, 0.3) is 0 Å². The summed E-state index contributed by atoms with van der Waals surface area (Å²) in [5.74, 6) is 0.732. The summed E-state index contributed by atoms with van der Waals surface area (Å²) in [6, 6.07) is 10.9. The van der Waals surface area contributed by atoms with Crippen molar-refractivity contribution in [1.82, 2.24) is 10.6 Å². The van der Waals surface area contributed by atoms with E-state index < -0.39 is 0 Å². The van der Waals surface area contributed by atoms with Crippen LogP contribution in [0.15, 0.2) is 52.1 Å². The van der Waals surface area contributed by atoms with Crippen molar-refractivity contribution in [1.29, 1.82) is 0 Å². The first-order chi connectivity index (χ1) is 12.2. The second-order valence-corrected chi connectivity index (χ2v) is 5.33. The average molecular weight is 344 g/mol.